The van der Waals surface area contributed by atoms with Gasteiger partial charge in [-0.25, -0.2) is 0 Å². The zero-order valence-electron chi connectivity index (χ0n) is 17.4. The van der Waals surface area contributed by atoms with Gasteiger partial charge in [0.2, 0.25) is 0 Å². The van der Waals surface area contributed by atoms with Gasteiger partial charge in [-0.2, -0.15) is 0 Å². The molecule has 0 saturated heterocycles. The molecule has 7 heteroatoms. The SMILES string of the molecule is C1=Nc2ccccc2[O][Sn]2([O]c3ccccc31)[O]c1ccccc1C=Nc1ccccc1[O]2. The predicted molar refractivity (Wildman–Crippen MR) is 129 cm³/mol. The van der Waals surface area contributed by atoms with Crippen molar-refractivity contribution in [3.8, 4) is 23.0 Å². The first-order valence-corrected chi connectivity index (χ1v) is 15.1. The van der Waals surface area contributed by atoms with Crippen molar-refractivity contribution in [2.24, 2.45) is 9.98 Å². The first-order valence-electron chi connectivity index (χ1n) is 10.5. The summed E-state index contributed by atoms with van der Waals surface area (Å²) >= 11 is -4.97. The van der Waals surface area contributed by atoms with Crippen LogP contribution < -0.4 is 12.3 Å². The molecule has 1 spiro atoms. The molecule has 2 aliphatic heterocycles. The minimum absolute atomic E-state index is 0.535. The summed E-state index contributed by atoms with van der Waals surface area (Å²) in [5.74, 6) is 2.24. The number of aliphatic imine (C=N–C) groups is 2. The molecular weight excluding hydrogens is 523 g/mol. The normalized spacial score (nSPS) is 17.9. The van der Waals surface area contributed by atoms with Gasteiger partial charge in [0, 0.05) is 0 Å². The molecule has 33 heavy (non-hydrogen) atoms. The average molecular weight is 541 g/mol. The molecule has 0 radical (unpaired) electrons. The van der Waals surface area contributed by atoms with Gasteiger partial charge in [0.25, 0.3) is 0 Å². The van der Waals surface area contributed by atoms with Gasteiger partial charge in [-0.1, -0.05) is 0 Å². The summed E-state index contributed by atoms with van der Waals surface area (Å²) in [5, 5.41) is 0. The van der Waals surface area contributed by atoms with Crippen LogP contribution in [0.15, 0.2) is 107 Å². The third-order valence-electron chi connectivity index (χ3n) is 5.19. The Balaban J connectivity index is 1.60. The quantitative estimate of drug-likeness (QED) is 0.262. The molecule has 0 amide bonds. The minimum atomic E-state index is -4.97. The van der Waals surface area contributed by atoms with E-state index in [2.05, 4.69) is 9.98 Å². The molecule has 2 aliphatic rings. The number of rotatable bonds is 0. The van der Waals surface area contributed by atoms with Gasteiger partial charge >= 0.3 is 197 Å². The van der Waals surface area contributed by atoms with Crippen molar-refractivity contribution in [2.75, 3.05) is 0 Å². The molecule has 0 N–H and O–H groups in total. The Bertz CT molecular complexity index is 1190. The van der Waals surface area contributed by atoms with Crippen molar-refractivity contribution in [1.29, 1.82) is 0 Å². The van der Waals surface area contributed by atoms with Gasteiger partial charge in [-0.05, 0) is 0 Å². The zero-order chi connectivity index (χ0) is 22.1. The van der Waals surface area contributed by atoms with E-state index in [-0.39, 0.29) is 0 Å². The standard InChI is InChI=1S/2C13H11NO2.Sn/c2*15-12-7-3-1-5-10(12)9-14-11-6-2-4-8-13(11)16;/h2*1-9,15-16H;/q;;+4/p-4. The molecule has 0 unspecified atom stereocenters. The van der Waals surface area contributed by atoms with E-state index in [1.165, 1.54) is 0 Å². The number of hydrogen-bond acceptors (Lipinski definition) is 6. The monoisotopic (exact) mass is 542 g/mol. The summed E-state index contributed by atoms with van der Waals surface area (Å²) in [5.41, 5.74) is 2.94. The Morgan fingerprint density at radius 2 is 0.788 bits per heavy atom. The third-order valence-corrected chi connectivity index (χ3v) is 10.6. The Morgan fingerprint density at radius 3 is 1.27 bits per heavy atom. The molecular formula is C26H18N2O4Sn. The summed E-state index contributed by atoms with van der Waals surface area (Å²) in [6, 6.07) is 30.3. The average Bonchev–Trinajstić information content (AvgIpc) is 2.95. The second-order valence-corrected chi connectivity index (χ2v) is 12.6. The topological polar surface area (TPSA) is 61.6 Å². The van der Waals surface area contributed by atoms with Crippen LogP contribution in [0.1, 0.15) is 11.1 Å². The summed E-state index contributed by atoms with van der Waals surface area (Å²) in [4.78, 5) is 9.29. The van der Waals surface area contributed by atoms with Crippen LogP contribution in [-0.2, 0) is 0 Å². The van der Waals surface area contributed by atoms with E-state index >= 15 is 0 Å². The van der Waals surface area contributed by atoms with Gasteiger partial charge in [0.05, 0.1) is 0 Å². The van der Waals surface area contributed by atoms with Gasteiger partial charge in [0.1, 0.15) is 0 Å². The number of hydrogen-bond donors (Lipinski definition) is 0. The van der Waals surface area contributed by atoms with E-state index in [0.717, 1.165) is 11.1 Å². The van der Waals surface area contributed by atoms with Crippen molar-refractivity contribution < 1.29 is 12.3 Å². The summed E-state index contributed by atoms with van der Waals surface area (Å²) in [7, 11) is 0. The molecule has 0 atom stereocenters. The number of fused-ring (bicyclic) bond motifs is 4. The van der Waals surface area contributed by atoms with Crippen LogP contribution in [0.4, 0.5) is 11.4 Å². The first-order chi connectivity index (χ1) is 16.3. The van der Waals surface area contributed by atoms with Crippen LogP contribution in [0.5, 0.6) is 23.0 Å². The Kier molecular flexibility index (Phi) is 4.99. The van der Waals surface area contributed by atoms with E-state index < -0.39 is 20.0 Å². The van der Waals surface area contributed by atoms with Crippen molar-refractivity contribution in [3.05, 3.63) is 108 Å². The van der Waals surface area contributed by atoms with Crippen molar-refractivity contribution in [3.63, 3.8) is 0 Å². The van der Waals surface area contributed by atoms with Crippen LogP contribution in [0.25, 0.3) is 0 Å². The van der Waals surface area contributed by atoms with E-state index in [1.807, 2.05) is 97.1 Å². The molecule has 2 heterocycles. The number of para-hydroxylation sites is 6. The van der Waals surface area contributed by atoms with Crippen molar-refractivity contribution in [2.45, 2.75) is 0 Å². The second-order valence-electron chi connectivity index (χ2n) is 7.44. The van der Waals surface area contributed by atoms with E-state index in [9.17, 15) is 0 Å². The van der Waals surface area contributed by atoms with Crippen LogP contribution in [0.2, 0.25) is 0 Å². The van der Waals surface area contributed by atoms with Gasteiger partial charge in [0.15, 0.2) is 0 Å². The van der Waals surface area contributed by atoms with Crippen LogP contribution >= 0.6 is 0 Å². The first kappa shape index (κ1) is 19.9. The van der Waals surface area contributed by atoms with Gasteiger partial charge in [-0.15, -0.1) is 0 Å². The fraction of sp³-hybridized carbons (Fsp3) is 0. The summed E-state index contributed by atoms with van der Waals surface area (Å²) in [6.45, 7) is 0. The molecule has 0 fully saturated rings. The molecule has 0 saturated carbocycles. The maximum atomic E-state index is 6.60. The molecule has 6 nitrogen and oxygen atoms in total. The number of benzene rings is 4. The fourth-order valence-corrected chi connectivity index (χ4v) is 9.44. The molecule has 0 aliphatic carbocycles. The summed E-state index contributed by atoms with van der Waals surface area (Å²) < 4.78 is 26.4. The van der Waals surface area contributed by atoms with Crippen molar-refractivity contribution in [1.82, 2.24) is 0 Å². The Morgan fingerprint density at radius 1 is 0.424 bits per heavy atom. The Hall–Kier alpha value is -3.78. The zero-order valence-corrected chi connectivity index (χ0v) is 20.3. The van der Waals surface area contributed by atoms with Crippen LogP contribution in [0.3, 0.4) is 0 Å². The summed E-state index contributed by atoms with van der Waals surface area (Å²) in [6.07, 6.45) is 3.53. The molecule has 0 bridgehead atoms. The molecule has 0 aromatic heterocycles. The van der Waals surface area contributed by atoms with E-state index in [0.29, 0.717) is 34.4 Å². The fourth-order valence-electron chi connectivity index (χ4n) is 3.60. The molecule has 4 aromatic carbocycles. The van der Waals surface area contributed by atoms with Gasteiger partial charge in [-0.3, -0.25) is 0 Å². The molecule has 160 valence electrons. The van der Waals surface area contributed by atoms with Crippen LogP contribution in [0, 0.1) is 0 Å². The molecule has 4 aromatic rings. The molecule has 6 rings (SSSR count). The van der Waals surface area contributed by atoms with Gasteiger partial charge < -0.3 is 0 Å². The van der Waals surface area contributed by atoms with E-state index in [4.69, 9.17) is 12.3 Å². The predicted octanol–water partition coefficient (Wildman–Crippen LogP) is 5.87. The van der Waals surface area contributed by atoms with Crippen molar-refractivity contribution >= 4 is 43.8 Å². The van der Waals surface area contributed by atoms with E-state index in [1.54, 1.807) is 12.4 Å². The second kappa shape index (κ2) is 8.29. The van der Waals surface area contributed by atoms with Crippen LogP contribution in [-0.4, -0.2) is 32.5 Å². The Labute approximate surface area is 196 Å². The number of nitrogens with zero attached hydrogens (tertiary/aromatic N) is 2. The maximum absolute atomic E-state index is 6.60. The third kappa shape index (κ3) is 3.93.